The molecule has 0 aromatic rings. The van der Waals surface area contributed by atoms with Crippen molar-refractivity contribution in [3.63, 3.8) is 0 Å². The predicted molar refractivity (Wildman–Crippen MR) is 65.4 cm³/mol. The first-order valence-electron chi connectivity index (χ1n) is 4.91. The molecule has 0 aromatic heterocycles. The zero-order chi connectivity index (χ0) is 13.9. The number of halogens is 2. The van der Waals surface area contributed by atoms with Crippen LogP contribution in [0.5, 0.6) is 0 Å². The summed E-state index contributed by atoms with van der Waals surface area (Å²) in [6, 6.07) is 0. The largest absolute Gasteiger partial charge is 0.527 e. The summed E-state index contributed by atoms with van der Waals surface area (Å²) in [6.45, 7) is 0.748. The van der Waals surface area contributed by atoms with Crippen LogP contribution in [-0.4, -0.2) is 49.6 Å². The molecule has 0 spiro atoms. The number of aliphatic hydroxyl groups is 1. The standard InChI is InChI=1S/C8H15Cl2O7P/c9-8(10)7-17-18(12,13)16-6-5-15-4-3-14-2-1-11/h7,11H,1-6H2,(H,12,13). The van der Waals surface area contributed by atoms with E-state index in [0.717, 1.165) is 0 Å². The highest BCUT2D eigenvalue weighted by atomic mass is 35.5. The monoisotopic (exact) mass is 324 g/mol. The molecule has 0 aliphatic heterocycles. The topological polar surface area (TPSA) is 94.5 Å². The van der Waals surface area contributed by atoms with Crippen molar-refractivity contribution < 1.29 is 33.1 Å². The van der Waals surface area contributed by atoms with Gasteiger partial charge >= 0.3 is 7.82 Å². The maximum atomic E-state index is 11.1. The number of ether oxygens (including phenoxy) is 2. The number of aliphatic hydroxyl groups excluding tert-OH is 1. The van der Waals surface area contributed by atoms with Crippen molar-refractivity contribution in [1.29, 1.82) is 0 Å². The lowest BCUT2D eigenvalue weighted by atomic mass is 10.7. The summed E-state index contributed by atoms with van der Waals surface area (Å²) in [5.74, 6) is 0. The SMILES string of the molecule is O=P(O)(OC=C(Cl)Cl)OCCOCCOCCO. The van der Waals surface area contributed by atoms with Crippen LogP contribution in [0.2, 0.25) is 0 Å². The number of phosphoric acid groups is 1. The molecule has 0 amide bonds. The summed E-state index contributed by atoms with van der Waals surface area (Å²) in [5.41, 5.74) is 0. The summed E-state index contributed by atoms with van der Waals surface area (Å²) >= 11 is 10.4. The molecule has 0 heterocycles. The minimum atomic E-state index is -4.20. The Kier molecular flexibility index (Phi) is 11.1. The first-order chi connectivity index (χ1) is 8.48. The third kappa shape index (κ3) is 12.6. The third-order valence-corrected chi connectivity index (χ3v) is 2.42. The Morgan fingerprint density at radius 2 is 1.67 bits per heavy atom. The van der Waals surface area contributed by atoms with Gasteiger partial charge in [0.1, 0.15) is 10.8 Å². The number of phosphoric ester groups is 1. The van der Waals surface area contributed by atoms with Crippen LogP contribution in [0.3, 0.4) is 0 Å². The summed E-state index contributed by atoms with van der Waals surface area (Å²) in [5, 5.41) is 8.40. The molecule has 18 heavy (non-hydrogen) atoms. The highest BCUT2D eigenvalue weighted by Gasteiger charge is 2.20. The summed E-state index contributed by atoms with van der Waals surface area (Å²) in [7, 11) is -4.20. The fourth-order valence-electron chi connectivity index (χ4n) is 0.735. The van der Waals surface area contributed by atoms with E-state index in [2.05, 4.69) is 9.05 Å². The van der Waals surface area contributed by atoms with Gasteiger partial charge in [-0.1, -0.05) is 23.2 Å². The van der Waals surface area contributed by atoms with Gasteiger partial charge in [0.15, 0.2) is 0 Å². The Morgan fingerprint density at radius 1 is 1.11 bits per heavy atom. The lowest BCUT2D eigenvalue weighted by Crippen LogP contribution is -2.10. The lowest BCUT2D eigenvalue weighted by molar-refractivity contribution is 0.0214. The van der Waals surface area contributed by atoms with E-state index in [1.165, 1.54) is 0 Å². The minimum Gasteiger partial charge on any atom is -0.410 e. The van der Waals surface area contributed by atoms with Crippen LogP contribution in [0.4, 0.5) is 0 Å². The quantitative estimate of drug-likeness (QED) is 0.337. The zero-order valence-electron chi connectivity index (χ0n) is 9.46. The van der Waals surface area contributed by atoms with Gasteiger partial charge in [-0.25, -0.2) is 4.57 Å². The zero-order valence-corrected chi connectivity index (χ0v) is 11.9. The second kappa shape index (κ2) is 11.0. The van der Waals surface area contributed by atoms with Gasteiger partial charge in [-0.2, -0.15) is 0 Å². The second-order valence-electron chi connectivity index (χ2n) is 2.76. The fourth-order valence-corrected chi connectivity index (χ4v) is 1.55. The third-order valence-electron chi connectivity index (χ3n) is 1.36. The Balaban J connectivity index is 3.47. The highest BCUT2D eigenvalue weighted by Crippen LogP contribution is 2.43. The van der Waals surface area contributed by atoms with Crippen molar-refractivity contribution in [1.82, 2.24) is 0 Å². The van der Waals surface area contributed by atoms with Crippen LogP contribution in [-0.2, 0) is 23.1 Å². The van der Waals surface area contributed by atoms with Crippen LogP contribution >= 0.6 is 31.0 Å². The molecule has 0 saturated heterocycles. The van der Waals surface area contributed by atoms with Gasteiger partial charge in [0.2, 0.25) is 0 Å². The Hall–Kier alpha value is 0.150. The highest BCUT2D eigenvalue weighted by molar-refractivity contribution is 7.47. The molecule has 0 fully saturated rings. The molecule has 0 saturated carbocycles. The molecule has 0 rings (SSSR count). The van der Waals surface area contributed by atoms with Gasteiger partial charge in [-0.05, 0) is 0 Å². The summed E-state index contributed by atoms with van der Waals surface area (Å²) in [4.78, 5) is 9.08. The van der Waals surface area contributed by atoms with E-state index in [4.69, 9.17) is 42.7 Å². The maximum absolute atomic E-state index is 11.1. The van der Waals surface area contributed by atoms with Crippen LogP contribution in [0, 0.1) is 0 Å². The first kappa shape index (κ1) is 18.1. The molecule has 0 aliphatic rings. The fraction of sp³-hybridized carbons (Fsp3) is 0.750. The molecule has 108 valence electrons. The Morgan fingerprint density at radius 3 is 2.22 bits per heavy atom. The van der Waals surface area contributed by atoms with E-state index >= 15 is 0 Å². The van der Waals surface area contributed by atoms with Gasteiger partial charge in [0, 0.05) is 0 Å². The predicted octanol–water partition coefficient (Wildman–Crippen LogP) is 1.42. The molecule has 2 N–H and O–H groups in total. The molecule has 10 heteroatoms. The molecular formula is C8H15Cl2O7P. The molecule has 0 radical (unpaired) electrons. The summed E-state index contributed by atoms with van der Waals surface area (Å²) in [6.07, 6.45) is 0.702. The average molecular weight is 325 g/mol. The lowest BCUT2D eigenvalue weighted by Gasteiger charge is -2.10. The van der Waals surface area contributed by atoms with Gasteiger partial charge in [-0.15, -0.1) is 0 Å². The van der Waals surface area contributed by atoms with Crippen LogP contribution in [0.1, 0.15) is 0 Å². The van der Waals surface area contributed by atoms with E-state index in [9.17, 15) is 4.57 Å². The normalized spacial score (nSPS) is 14.0. The van der Waals surface area contributed by atoms with Crippen molar-refractivity contribution in [2.45, 2.75) is 0 Å². The molecular weight excluding hydrogens is 310 g/mol. The van der Waals surface area contributed by atoms with Gasteiger partial charge in [0.25, 0.3) is 0 Å². The van der Waals surface area contributed by atoms with Crippen LogP contribution in [0.25, 0.3) is 0 Å². The van der Waals surface area contributed by atoms with Gasteiger partial charge < -0.3 is 19.1 Å². The molecule has 1 atom stereocenters. The number of rotatable bonds is 11. The van der Waals surface area contributed by atoms with E-state index in [1.54, 1.807) is 0 Å². The van der Waals surface area contributed by atoms with Crippen molar-refractivity contribution in [3.8, 4) is 0 Å². The second-order valence-corrected chi connectivity index (χ2v) is 5.18. The smallest absolute Gasteiger partial charge is 0.410 e. The van der Waals surface area contributed by atoms with Crippen molar-refractivity contribution in [2.24, 2.45) is 0 Å². The van der Waals surface area contributed by atoms with Gasteiger partial charge in [-0.3, -0.25) is 9.42 Å². The number of hydrogen-bond acceptors (Lipinski definition) is 6. The molecule has 7 nitrogen and oxygen atoms in total. The summed E-state index contributed by atoms with van der Waals surface area (Å²) < 4.78 is 29.6. The van der Waals surface area contributed by atoms with Crippen LogP contribution in [0.15, 0.2) is 10.8 Å². The van der Waals surface area contributed by atoms with E-state index < -0.39 is 7.82 Å². The average Bonchev–Trinajstić information content (AvgIpc) is 2.30. The Labute approximate surface area is 115 Å². The van der Waals surface area contributed by atoms with E-state index in [-0.39, 0.29) is 37.5 Å². The molecule has 0 bridgehead atoms. The molecule has 0 aromatic carbocycles. The van der Waals surface area contributed by atoms with Crippen LogP contribution < -0.4 is 0 Å². The first-order valence-corrected chi connectivity index (χ1v) is 7.16. The van der Waals surface area contributed by atoms with Crippen molar-refractivity contribution >= 4 is 31.0 Å². The number of hydrogen-bond donors (Lipinski definition) is 2. The van der Waals surface area contributed by atoms with Gasteiger partial charge in [0.05, 0.1) is 39.6 Å². The van der Waals surface area contributed by atoms with E-state index in [1.807, 2.05) is 0 Å². The molecule has 1 unspecified atom stereocenters. The van der Waals surface area contributed by atoms with Crippen molar-refractivity contribution in [3.05, 3.63) is 10.8 Å². The maximum Gasteiger partial charge on any atom is 0.527 e. The van der Waals surface area contributed by atoms with Crippen molar-refractivity contribution in [2.75, 3.05) is 39.6 Å². The minimum absolute atomic E-state index is 0.0508. The molecule has 0 aliphatic carbocycles. The Bertz CT molecular complexity index is 283. The van der Waals surface area contributed by atoms with E-state index in [0.29, 0.717) is 12.9 Å².